The molecule has 0 atom stereocenters. The van der Waals surface area contributed by atoms with Crippen LogP contribution in [0.15, 0.2) is 77.7 Å². The molecule has 0 aliphatic heterocycles. The lowest BCUT2D eigenvalue weighted by atomic mass is 10.1. The van der Waals surface area contributed by atoms with E-state index in [0.717, 1.165) is 10.5 Å². The third-order valence-corrected chi connectivity index (χ3v) is 5.42. The summed E-state index contributed by atoms with van der Waals surface area (Å²) in [6.07, 6.45) is 0. The van der Waals surface area contributed by atoms with Crippen molar-refractivity contribution in [3.63, 3.8) is 0 Å². The number of para-hydroxylation sites is 1. The zero-order valence-corrected chi connectivity index (χ0v) is 17.4. The summed E-state index contributed by atoms with van der Waals surface area (Å²) in [6, 6.07) is 23.1. The van der Waals surface area contributed by atoms with Gasteiger partial charge in [-0.1, -0.05) is 59.7 Å². The minimum Gasteiger partial charge on any atom is -0.348 e. The van der Waals surface area contributed by atoms with Crippen molar-refractivity contribution < 1.29 is 9.59 Å². The maximum Gasteiger partial charge on any atom is 0.253 e. The summed E-state index contributed by atoms with van der Waals surface area (Å²) in [5.41, 5.74) is 4.36. The van der Waals surface area contributed by atoms with Crippen molar-refractivity contribution in [2.24, 2.45) is 0 Å². The molecule has 0 fully saturated rings. The molecule has 0 aromatic heterocycles. The second-order valence-corrected chi connectivity index (χ2v) is 7.91. The van der Waals surface area contributed by atoms with Gasteiger partial charge >= 0.3 is 0 Å². The van der Waals surface area contributed by atoms with Crippen molar-refractivity contribution in [1.29, 1.82) is 0 Å². The topological polar surface area (TPSA) is 58.2 Å². The fourth-order valence-corrected chi connectivity index (χ4v) is 3.44. The largest absolute Gasteiger partial charge is 0.348 e. The van der Waals surface area contributed by atoms with Gasteiger partial charge in [0.05, 0.1) is 17.0 Å². The van der Waals surface area contributed by atoms with E-state index in [9.17, 15) is 9.59 Å². The quantitative estimate of drug-likeness (QED) is 0.547. The number of thioether (sulfide) groups is 1. The van der Waals surface area contributed by atoms with E-state index in [-0.39, 0.29) is 17.6 Å². The maximum atomic E-state index is 12.6. The average molecular weight is 405 g/mol. The SMILES string of the molecule is Cc1ccc(CNC(=O)c2ccccc2NC(=O)CSc2ccc(C)cc2)cc1. The summed E-state index contributed by atoms with van der Waals surface area (Å²) < 4.78 is 0. The Hall–Kier alpha value is -3.05. The number of carbonyl (C=O) groups is 2. The summed E-state index contributed by atoms with van der Waals surface area (Å²) in [6.45, 7) is 4.49. The smallest absolute Gasteiger partial charge is 0.253 e. The lowest BCUT2D eigenvalue weighted by Crippen LogP contribution is -2.25. The first-order valence-electron chi connectivity index (χ1n) is 9.43. The van der Waals surface area contributed by atoms with Gasteiger partial charge in [0.2, 0.25) is 5.91 Å². The number of hydrogen-bond donors (Lipinski definition) is 2. The highest BCUT2D eigenvalue weighted by Crippen LogP contribution is 2.20. The van der Waals surface area contributed by atoms with Crippen LogP contribution in [0.2, 0.25) is 0 Å². The molecule has 0 heterocycles. The fraction of sp³-hybridized carbons (Fsp3) is 0.167. The van der Waals surface area contributed by atoms with Gasteiger partial charge in [0.25, 0.3) is 5.91 Å². The number of amides is 2. The molecule has 3 aromatic carbocycles. The molecule has 0 unspecified atom stereocenters. The van der Waals surface area contributed by atoms with E-state index >= 15 is 0 Å². The van der Waals surface area contributed by atoms with Crippen molar-refractivity contribution in [3.05, 3.63) is 95.1 Å². The summed E-state index contributed by atoms with van der Waals surface area (Å²) in [4.78, 5) is 26.0. The average Bonchev–Trinajstić information content (AvgIpc) is 2.73. The molecule has 148 valence electrons. The molecule has 2 N–H and O–H groups in total. The normalized spacial score (nSPS) is 10.4. The maximum absolute atomic E-state index is 12.6. The summed E-state index contributed by atoms with van der Waals surface area (Å²) >= 11 is 1.47. The molecule has 0 saturated heterocycles. The number of nitrogens with one attached hydrogen (secondary N) is 2. The summed E-state index contributed by atoms with van der Waals surface area (Å²) in [7, 11) is 0. The number of hydrogen-bond acceptors (Lipinski definition) is 3. The van der Waals surface area contributed by atoms with Crippen LogP contribution in [0.5, 0.6) is 0 Å². The van der Waals surface area contributed by atoms with Crippen LogP contribution in [-0.2, 0) is 11.3 Å². The van der Waals surface area contributed by atoms with Gasteiger partial charge in [-0.2, -0.15) is 0 Å². The lowest BCUT2D eigenvalue weighted by Gasteiger charge is -2.12. The van der Waals surface area contributed by atoms with Gasteiger partial charge in [-0.25, -0.2) is 0 Å². The number of benzene rings is 3. The number of anilines is 1. The van der Waals surface area contributed by atoms with E-state index in [4.69, 9.17) is 0 Å². The molecule has 0 bridgehead atoms. The Balaban J connectivity index is 1.58. The predicted molar refractivity (Wildman–Crippen MR) is 119 cm³/mol. The van der Waals surface area contributed by atoms with Crippen LogP contribution in [0.1, 0.15) is 27.0 Å². The van der Waals surface area contributed by atoms with Crippen LogP contribution in [0.3, 0.4) is 0 Å². The molecule has 2 amide bonds. The van der Waals surface area contributed by atoms with E-state index in [1.165, 1.54) is 22.9 Å². The van der Waals surface area contributed by atoms with Crippen molar-refractivity contribution >= 4 is 29.3 Å². The van der Waals surface area contributed by atoms with Crippen molar-refractivity contribution in [2.75, 3.05) is 11.1 Å². The zero-order valence-electron chi connectivity index (χ0n) is 16.6. The van der Waals surface area contributed by atoms with E-state index in [1.54, 1.807) is 24.3 Å². The Bertz CT molecular complexity index is 983. The molecular formula is C24H24N2O2S. The summed E-state index contributed by atoms with van der Waals surface area (Å²) in [5, 5.41) is 5.77. The molecule has 5 heteroatoms. The molecule has 0 aliphatic rings. The molecule has 29 heavy (non-hydrogen) atoms. The van der Waals surface area contributed by atoms with Crippen LogP contribution >= 0.6 is 11.8 Å². The Morgan fingerprint density at radius 3 is 2.14 bits per heavy atom. The number of rotatable bonds is 7. The zero-order chi connectivity index (χ0) is 20.6. The van der Waals surface area contributed by atoms with Gasteiger partial charge in [-0.3, -0.25) is 9.59 Å². The minimum atomic E-state index is -0.215. The second-order valence-electron chi connectivity index (χ2n) is 6.86. The second kappa shape index (κ2) is 9.94. The van der Waals surface area contributed by atoms with E-state index in [1.807, 2.05) is 62.4 Å². The molecule has 0 saturated carbocycles. The Morgan fingerprint density at radius 1 is 0.828 bits per heavy atom. The lowest BCUT2D eigenvalue weighted by molar-refractivity contribution is -0.113. The van der Waals surface area contributed by atoms with Gasteiger partial charge < -0.3 is 10.6 Å². The highest BCUT2D eigenvalue weighted by Gasteiger charge is 2.13. The molecule has 0 spiro atoms. The van der Waals surface area contributed by atoms with Gasteiger partial charge in [0.15, 0.2) is 0 Å². The van der Waals surface area contributed by atoms with Gasteiger partial charge in [0.1, 0.15) is 0 Å². The van der Waals surface area contributed by atoms with Crippen LogP contribution in [0.25, 0.3) is 0 Å². The first kappa shape index (κ1) is 20.7. The van der Waals surface area contributed by atoms with Crippen LogP contribution in [-0.4, -0.2) is 17.6 Å². The summed E-state index contributed by atoms with van der Waals surface area (Å²) in [5.74, 6) is -0.0791. The molecule has 0 aliphatic carbocycles. The van der Waals surface area contributed by atoms with E-state index in [2.05, 4.69) is 10.6 Å². The Labute approximate surface area is 175 Å². The monoisotopic (exact) mass is 404 g/mol. The Morgan fingerprint density at radius 2 is 1.45 bits per heavy atom. The molecular weight excluding hydrogens is 380 g/mol. The first-order chi connectivity index (χ1) is 14.0. The van der Waals surface area contributed by atoms with Crippen molar-refractivity contribution in [3.8, 4) is 0 Å². The molecule has 4 nitrogen and oxygen atoms in total. The van der Waals surface area contributed by atoms with Gasteiger partial charge in [-0.05, 0) is 43.7 Å². The standard InChI is InChI=1S/C24H24N2O2S/c1-17-7-11-19(12-8-17)15-25-24(28)21-5-3-4-6-22(21)26-23(27)16-29-20-13-9-18(2)10-14-20/h3-14H,15-16H2,1-2H3,(H,25,28)(H,26,27). The Kier molecular flexibility index (Phi) is 7.09. The van der Waals surface area contributed by atoms with Crippen LogP contribution in [0.4, 0.5) is 5.69 Å². The van der Waals surface area contributed by atoms with Crippen molar-refractivity contribution in [1.82, 2.24) is 5.32 Å². The third-order valence-electron chi connectivity index (χ3n) is 4.41. The third kappa shape index (κ3) is 6.22. The highest BCUT2D eigenvalue weighted by atomic mass is 32.2. The van der Waals surface area contributed by atoms with Gasteiger partial charge in [0, 0.05) is 11.4 Å². The highest BCUT2D eigenvalue weighted by molar-refractivity contribution is 8.00. The number of aryl methyl sites for hydroxylation is 2. The van der Waals surface area contributed by atoms with Crippen LogP contribution < -0.4 is 10.6 Å². The van der Waals surface area contributed by atoms with Gasteiger partial charge in [-0.15, -0.1) is 11.8 Å². The predicted octanol–water partition coefficient (Wildman–Crippen LogP) is 4.96. The first-order valence-corrected chi connectivity index (χ1v) is 10.4. The van der Waals surface area contributed by atoms with Crippen LogP contribution in [0, 0.1) is 13.8 Å². The molecule has 3 rings (SSSR count). The fourth-order valence-electron chi connectivity index (χ4n) is 2.74. The number of carbonyl (C=O) groups excluding carboxylic acids is 2. The molecule has 0 radical (unpaired) electrons. The minimum absolute atomic E-state index is 0.144. The van der Waals surface area contributed by atoms with E-state index < -0.39 is 0 Å². The van der Waals surface area contributed by atoms with Crippen molar-refractivity contribution in [2.45, 2.75) is 25.3 Å². The van der Waals surface area contributed by atoms with E-state index in [0.29, 0.717) is 17.8 Å². The molecule has 3 aromatic rings.